The van der Waals surface area contributed by atoms with Crippen LogP contribution in [0.5, 0.6) is 0 Å². The van der Waals surface area contributed by atoms with E-state index in [0.717, 1.165) is 29.6 Å². The average Bonchev–Trinajstić information content (AvgIpc) is 2.87. The van der Waals surface area contributed by atoms with E-state index in [0.29, 0.717) is 6.04 Å². The lowest BCUT2D eigenvalue weighted by atomic mass is 10.2. The Morgan fingerprint density at radius 2 is 2.47 bits per heavy atom. The molecule has 0 bridgehead atoms. The van der Waals surface area contributed by atoms with E-state index in [1.165, 1.54) is 6.42 Å². The zero-order valence-corrected chi connectivity index (χ0v) is 9.63. The summed E-state index contributed by atoms with van der Waals surface area (Å²) < 4.78 is 0. The van der Waals surface area contributed by atoms with E-state index in [1.807, 2.05) is 7.05 Å². The van der Waals surface area contributed by atoms with Gasteiger partial charge in [-0.05, 0) is 19.4 Å². The first-order valence-electron chi connectivity index (χ1n) is 5.18. The molecule has 0 radical (unpaired) electrons. The normalized spacial score (nSPS) is 22.1. The van der Waals surface area contributed by atoms with Gasteiger partial charge in [-0.3, -0.25) is 4.90 Å². The summed E-state index contributed by atoms with van der Waals surface area (Å²) in [5.74, 6) is 0. The third kappa shape index (κ3) is 2.45. The molecule has 1 unspecified atom stereocenters. The molecule has 2 N–H and O–H groups in total. The van der Waals surface area contributed by atoms with Crippen molar-refractivity contribution in [3.05, 3.63) is 5.01 Å². The standard InChI is InChI=1S/C9H16N4OS/c1-10-9-12-11-8(15-9)5-13-4-2-3-7(13)6-14/h7,14H,2-6H2,1H3,(H,10,12). The molecule has 2 rings (SSSR count). The lowest BCUT2D eigenvalue weighted by Crippen LogP contribution is -2.31. The van der Waals surface area contributed by atoms with Crippen LogP contribution in [0.4, 0.5) is 5.13 Å². The fourth-order valence-electron chi connectivity index (χ4n) is 1.90. The summed E-state index contributed by atoms with van der Waals surface area (Å²) >= 11 is 1.58. The summed E-state index contributed by atoms with van der Waals surface area (Å²) in [4.78, 5) is 2.28. The topological polar surface area (TPSA) is 61.3 Å². The van der Waals surface area contributed by atoms with Gasteiger partial charge in [-0.2, -0.15) is 0 Å². The zero-order chi connectivity index (χ0) is 10.7. The molecule has 1 aromatic heterocycles. The van der Waals surface area contributed by atoms with Gasteiger partial charge in [0, 0.05) is 13.1 Å². The minimum atomic E-state index is 0.248. The van der Waals surface area contributed by atoms with Gasteiger partial charge in [0.05, 0.1) is 13.2 Å². The predicted molar refractivity (Wildman–Crippen MR) is 60.0 cm³/mol. The molecule has 1 saturated heterocycles. The van der Waals surface area contributed by atoms with Crippen molar-refractivity contribution in [3.8, 4) is 0 Å². The lowest BCUT2D eigenvalue weighted by Gasteiger charge is -2.20. The van der Waals surface area contributed by atoms with Crippen molar-refractivity contribution in [1.29, 1.82) is 0 Å². The molecule has 1 atom stereocenters. The molecular formula is C9H16N4OS. The van der Waals surface area contributed by atoms with Gasteiger partial charge < -0.3 is 10.4 Å². The SMILES string of the molecule is CNc1nnc(CN2CCCC2CO)s1. The van der Waals surface area contributed by atoms with E-state index in [9.17, 15) is 5.11 Å². The van der Waals surface area contributed by atoms with Gasteiger partial charge in [0.2, 0.25) is 5.13 Å². The second-order valence-corrected chi connectivity index (χ2v) is 4.76. The summed E-state index contributed by atoms with van der Waals surface area (Å²) in [6.45, 7) is 2.11. The Hall–Kier alpha value is -0.720. The van der Waals surface area contributed by atoms with Crippen LogP contribution in [-0.4, -0.2) is 46.4 Å². The van der Waals surface area contributed by atoms with Gasteiger partial charge >= 0.3 is 0 Å². The predicted octanol–water partition coefficient (Wildman–Crippen LogP) is 0.536. The first kappa shape index (κ1) is 10.8. The number of anilines is 1. The number of nitrogens with zero attached hydrogens (tertiary/aromatic N) is 3. The van der Waals surface area contributed by atoms with Crippen LogP contribution in [0.15, 0.2) is 0 Å². The van der Waals surface area contributed by atoms with Crippen LogP contribution in [0.1, 0.15) is 17.8 Å². The van der Waals surface area contributed by atoms with Gasteiger partial charge in [0.25, 0.3) is 0 Å². The second-order valence-electron chi connectivity index (χ2n) is 3.70. The van der Waals surface area contributed by atoms with Crippen LogP contribution < -0.4 is 5.32 Å². The number of aliphatic hydroxyl groups is 1. The van der Waals surface area contributed by atoms with E-state index in [1.54, 1.807) is 11.3 Å². The summed E-state index contributed by atoms with van der Waals surface area (Å²) in [6, 6.07) is 0.312. The smallest absolute Gasteiger partial charge is 0.205 e. The largest absolute Gasteiger partial charge is 0.395 e. The fraction of sp³-hybridized carbons (Fsp3) is 0.778. The Morgan fingerprint density at radius 3 is 3.13 bits per heavy atom. The van der Waals surface area contributed by atoms with E-state index in [2.05, 4.69) is 20.4 Å². The maximum absolute atomic E-state index is 9.18. The maximum atomic E-state index is 9.18. The molecule has 84 valence electrons. The van der Waals surface area contributed by atoms with Crippen molar-refractivity contribution in [1.82, 2.24) is 15.1 Å². The van der Waals surface area contributed by atoms with Crippen molar-refractivity contribution in [2.45, 2.75) is 25.4 Å². The van der Waals surface area contributed by atoms with Crippen LogP contribution in [0.3, 0.4) is 0 Å². The quantitative estimate of drug-likeness (QED) is 0.787. The Morgan fingerprint density at radius 1 is 1.60 bits per heavy atom. The van der Waals surface area contributed by atoms with Crippen molar-refractivity contribution < 1.29 is 5.11 Å². The highest BCUT2D eigenvalue weighted by Crippen LogP contribution is 2.22. The molecule has 5 nitrogen and oxygen atoms in total. The first-order chi connectivity index (χ1) is 7.33. The number of nitrogens with one attached hydrogen (secondary N) is 1. The fourth-order valence-corrected chi connectivity index (χ4v) is 2.62. The van der Waals surface area contributed by atoms with Crippen molar-refractivity contribution >= 4 is 16.5 Å². The molecule has 1 aliphatic rings. The van der Waals surface area contributed by atoms with Gasteiger partial charge in [0.15, 0.2) is 0 Å². The second kappa shape index (κ2) is 4.87. The molecule has 0 aromatic carbocycles. The van der Waals surface area contributed by atoms with Crippen molar-refractivity contribution in [3.63, 3.8) is 0 Å². The van der Waals surface area contributed by atoms with E-state index >= 15 is 0 Å². The molecule has 0 spiro atoms. The summed E-state index contributed by atoms with van der Waals surface area (Å²) in [5.41, 5.74) is 0. The Bertz CT molecular complexity index is 317. The molecule has 2 heterocycles. The molecule has 1 fully saturated rings. The minimum Gasteiger partial charge on any atom is -0.395 e. The van der Waals surface area contributed by atoms with E-state index < -0.39 is 0 Å². The highest BCUT2D eigenvalue weighted by Gasteiger charge is 2.24. The lowest BCUT2D eigenvalue weighted by molar-refractivity contribution is 0.153. The third-order valence-corrected chi connectivity index (χ3v) is 3.65. The molecule has 0 aliphatic carbocycles. The summed E-state index contributed by atoms with van der Waals surface area (Å²) in [6.07, 6.45) is 2.26. The van der Waals surface area contributed by atoms with Crippen LogP contribution >= 0.6 is 11.3 Å². The van der Waals surface area contributed by atoms with Crippen LogP contribution in [-0.2, 0) is 6.54 Å². The van der Waals surface area contributed by atoms with Gasteiger partial charge in [-0.15, -0.1) is 10.2 Å². The van der Waals surface area contributed by atoms with Gasteiger partial charge in [-0.25, -0.2) is 0 Å². The number of hydrogen-bond donors (Lipinski definition) is 2. The monoisotopic (exact) mass is 228 g/mol. The number of hydrogen-bond acceptors (Lipinski definition) is 6. The van der Waals surface area contributed by atoms with Gasteiger partial charge in [-0.1, -0.05) is 11.3 Å². The molecule has 0 amide bonds. The molecule has 6 heteroatoms. The average molecular weight is 228 g/mol. The Kier molecular flexibility index (Phi) is 3.50. The van der Waals surface area contributed by atoms with Crippen LogP contribution in [0.2, 0.25) is 0 Å². The molecule has 1 aliphatic heterocycles. The highest BCUT2D eigenvalue weighted by atomic mass is 32.1. The van der Waals surface area contributed by atoms with Crippen molar-refractivity contribution in [2.24, 2.45) is 0 Å². The van der Waals surface area contributed by atoms with Gasteiger partial charge in [0.1, 0.15) is 5.01 Å². The van der Waals surface area contributed by atoms with Crippen molar-refractivity contribution in [2.75, 3.05) is 25.5 Å². The summed E-state index contributed by atoms with van der Waals surface area (Å²) in [5, 5.41) is 22.1. The van der Waals surface area contributed by atoms with E-state index in [4.69, 9.17) is 0 Å². The minimum absolute atomic E-state index is 0.248. The Balaban J connectivity index is 1.95. The van der Waals surface area contributed by atoms with E-state index in [-0.39, 0.29) is 6.61 Å². The number of likely N-dealkylation sites (tertiary alicyclic amines) is 1. The number of rotatable bonds is 4. The first-order valence-corrected chi connectivity index (χ1v) is 6.00. The molecule has 0 saturated carbocycles. The van der Waals surface area contributed by atoms with Crippen LogP contribution in [0, 0.1) is 0 Å². The molecule has 1 aromatic rings. The number of aliphatic hydroxyl groups excluding tert-OH is 1. The van der Waals surface area contributed by atoms with Crippen LogP contribution in [0.25, 0.3) is 0 Å². The maximum Gasteiger partial charge on any atom is 0.205 e. The highest BCUT2D eigenvalue weighted by molar-refractivity contribution is 7.15. The Labute approximate surface area is 93.1 Å². The summed E-state index contributed by atoms with van der Waals surface area (Å²) in [7, 11) is 1.84. The molecule has 15 heavy (non-hydrogen) atoms. The third-order valence-electron chi connectivity index (χ3n) is 2.73. The zero-order valence-electron chi connectivity index (χ0n) is 8.81. The number of aromatic nitrogens is 2. The molecular weight excluding hydrogens is 212 g/mol.